The van der Waals surface area contributed by atoms with Gasteiger partial charge in [0.2, 0.25) is 17.8 Å². The van der Waals surface area contributed by atoms with Gasteiger partial charge in [-0.3, -0.25) is 19.3 Å². The van der Waals surface area contributed by atoms with E-state index in [1.54, 1.807) is 12.2 Å². The Morgan fingerprint density at radius 2 is 1.64 bits per heavy atom. The summed E-state index contributed by atoms with van der Waals surface area (Å²) in [5.74, 6) is 3.17. The number of carbonyl (C=O) groups is 3. The number of hydrogen-bond donors (Lipinski definition) is 2. The van der Waals surface area contributed by atoms with Crippen LogP contribution in [-0.2, 0) is 19.1 Å². The van der Waals surface area contributed by atoms with Crippen LogP contribution in [0.3, 0.4) is 0 Å². The first-order chi connectivity index (χ1) is 22.6. The number of esters is 1. The highest BCUT2D eigenvalue weighted by molar-refractivity contribution is 5.91. The fourth-order valence-electron chi connectivity index (χ4n) is 9.67. The number of ketones is 2. The van der Waals surface area contributed by atoms with Crippen molar-refractivity contribution in [2.75, 3.05) is 68.0 Å². The number of nitrogens with one attached hydrogen (secondary N) is 2. The van der Waals surface area contributed by atoms with Gasteiger partial charge in [-0.2, -0.15) is 15.0 Å². The molecule has 47 heavy (non-hydrogen) atoms. The summed E-state index contributed by atoms with van der Waals surface area (Å²) in [6.45, 7) is 15.9. The minimum absolute atomic E-state index is 0.0415. The Labute approximate surface area is 278 Å². The first-order valence-corrected chi connectivity index (χ1v) is 17.5. The van der Waals surface area contributed by atoms with Gasteiger partial charge in [0.1, 0.15) is 6.61 Å². The summed E-state index contributed by atoms with van der Waals surface area (Å²) in [5, 5.41) is 6.25. The number of fused-ring (bicyclic) bond motifs is 5. The zero-order valence-electron chi connectivity index (χ0n) is 28.1. The fourth-order valence-corrected chi connectivity index (χ4v) is 9.67. The van der Waals surface area contributed by atoms with Crippen LogP contribution in [0.25, 0.3) is 0 Å². The molecule has 6 rings (SSSR count). The van der Waals surface area contributed by atoms with E-state index in [0.717, 1.165) is 44.9 Å². The van der Waals surface area contributed by atoms with E-state index in [0.29, 0.717) is 81.3 Å². The minimum Gasteiger partial charge on any atom is -0.457 e. The predicted octanol–water partition coefficient (Wildman–Crippen LogP) is 4.45. The smallest absolute Gasteiger partial charge is 0.320 e. The molecule has 2 heterocycles. The number of nitrogens with zero attached hydrogens (tertiary/aromatic N) is 5. The van der Waals surface area contributed by atoms with Crippen LogP contribution >= 0.6 is 0 Å². The van der Waals surface area contributed by atoms with Crippen molar-refractivity contribution in [1.82, 2.24) is 19.9 Å². The molecule has 5 aliphatic rings. The first kappa shape index (κ1) is 33.3. The zero-order chi connectivity index (χ0) is 33.2. The van der Waals surface area contributed by atoms with Crippen molar-refractivity contribution in [1.29, 1.82) is 0 Å². The normalized spacial score (nSPS) is 31.9. The van der Waals surface area contributed by atoms with Crippen molar-refractivity contribution in [3.05, 3.63) is 37.0 Å². The monoisotopic (exact) mass is 645 g/mol. The highest BCUT2D eigenvalue weighted by Gasteiger charge is 2.60. The van der Waals surface area contributed by atoms with Gasteiger partial charge in [0, 0.05) is 51.6 Å². The molecule has 11 nitrogen and oxygen atoms in total. The molecule has 1 aliphatic heterocycles. The summed E-state index contributed by atoms with van der Waals surface area (Å²) in [5.41, 5.74) is 1.46. The lowest BCUT2D eigenvalue weighted by molar-refractivity contribution is -0.152. The summed E-state index contributed by atoms with van der Waals surface area (Å²) < 4.78 is 5.62. The maximum absolute atomic E-state index is 13.6. The number of piperazine rings is 1. The quantitative estimate of drug-likeness (QED) is 0.247. The molecule has 2 N–H and O–H groups in total. The molecular weight excluding hydrogens is 594 g/mol. The third-order valence-corrected chi connectivity index (χ3v) is 12.2. The number of anilines is 3. The van der Waals surface area contributed by atoms with E-state index in [1.165, 1.54) is 5.57 Å². The Bertz CT molecular complexity index is 1390. The number of hydrogen-bond acceptors (Lipinski definition) is 11. The lowest BCUT2D eigenvalue weighted by atomic mass is 9.46. The lowest BCUT2D eigenvalue weighted by Gasteiger charge is -2.58. The average Bonchev–Trinajstić information content (AvgIpc) is 3.43. The summed E-state index contributed by atoms with van der Waals surface area (Å²) in [4.78, 5) is 56.3. The van der Waals surface area contributed by atoms with Crippen molar-refractivity contribution in [3.8, 4) is 0 Å². The second-order valence-corrected chi connectivity index (χ2v) is 14.7. The van der Waals surface area contributed by atoms with Crippen LogP contribution < -0.4 is 15.5 Å². The first-order valence-electron chi connectivity index (χ1n) is 17.5. The molecule has 4 aliphatic carbocycles. The standard InChI is InChI=1S/C36H51N7O4/c1-5-15-37-32-39-33(38-16-6-2)41-34(40-32)43-19-17-42(18-20-43)22-31(46)47-23-30(45)29-10-9-27-26-8-7-24-21-25(44)11-13-35(24,3)28(26)12-14-36(27,29)4/h5-6,21,26-29H,1-2,7-20,22-23H2,3-4H3,(H2,37,38,39,40,41)/t26-,27-,28-,29+,35-,36-/m0/s1. The molecule has 0 unspecified atom stereocenters. The highest BCUT2D eigenvalue weighted by atomic mass is 16.5. The van der Waals surface area contributed by atoms with Crippen molar-refractivity contribution in [2.45, 2.75) is 65.2 Å². The van der Waals surface area contributed by atoms with Gasteiger partial charge < -0.3 is 20.3 Å². The van der Waals surface area contributed by atoms with Gasteiger partial charge in [-0.1, -0.05) is 31.6 Å². The molecule has 6 atom stereocenters. The maximum atomic E-state index is 13.6. The van der Waals surface area contributed by atoms with Crippen molar-refractivity contribution in [2.24, 2.45) is 34.5 Å². The number of ether oxygens (including phenoxy) is 1. The number of Topliss-reactive ketones (excluding diaryl/α,β-unsaturated/α-hetero) is 1. The molecule has 3 saturated carbocycles. The van der Waals surface area contributed by atoms with E-state index in [-0.39, 0.29) is 47.4 Å². The molecule has 0 spiro atoms. The van der Waals surface area contributed by atoms with Crippen LogP contribution in [0.4, 0.5) is 17.8 Å². The van der Waals surface area contributed by atoms with E-state index in [1.807, 2.05) is 6.08 Å². The molecule has 1 aromatic rings. The van der Waals surface area contributed by atoms with Crippen molar-refractivity contribution in [3.63, 3.8) is 0 Å². The third kappa shape index (κ3) is 6.73. The Morgan fingerprint density at radius 1 is 0.936 bits per heavy atom. The van der Waals surface area contributed by atoms with E-state index in [9.17, 15) is 14.4 Å². The predicted molar refractivity (Wildman–Crippen MR) is 182 cm³/mol. The van der Waals surface area contributed by atoms with E-state index >= 15 is 0 Å². The second kappa shape index (κ2) is 13.9. The lowest BCUT2D eigenvalue weighted by Crippen LogP contribution is -2.51. The average molecular weight is 646 g/mol. The van der Waals surface area contributed by atoms with Crippen LogP contribution in [0.2, 0.25) is 0 Å². The van der Waals surface area contributed by atoms with Crippen molar-refractivity contribution >= 4 is 35.4 Å². The Kier molecular flexibility index (Phi) is 9.82. The topological polar surface area (TPSA) is 130 Å². The van der Waals surface area contributed by atoms with E-state index in [4.69, 9.17) is 4.74 Å². The Morgan fingerprint density at radius 3 is 2.32 bits per heavy atom. The summed E-state index contributed by atoms with van der Waals surface area (Å²) in [6, 6.07) is 0. The molecule has 0 aromatic carbocycles. The Balaban J connectivity index is 0.988. The van der Waals surface area contributed by atoms with Crippen LogP contribution in [0.1, 0.15) is 65.2 Å². The zero-order valence-corrected chi connectivity index (χ0v) is 28.1. The summed E-state index contributed by atoms with van der Waals surface area (Å²) in [7, 11) is 0. The highest BCUT2D eigenvalue weighted by Crippen LogP contribution is 2.66. The van der Waals surface area contributed by atoms with E-state index in [2.05, 4.69) is 62.4 Å². The van der Waals surface area contributed by atoms with Crippen LogP contribution in [0.15, 0.2) is 37.0 Å². The number of aromatic nitrogens is 3. The van der Waals surface area contributed by atoms with Crippen LogP contribution in [0, 0.1) is 34.5 Å². The molecule has 254 valence electrons. The van der Waals surface area contributed by atoms with Gasteiger partial charge in [-0.25, -0.2) is 0 Å². The second-order valence-electron chi connectivity index (χ2n) is 14.7. The molecule has 0 bridgehead atoms. The largest absolute Gasteiger partial charge is 0.457 e. The Hall–Kier alpha value is -3.60. The fraction of sp³-hybridized carbons (Fsp3) is 0.667. The number of allylic oxidation sites excluding steroid dienone is 1. The molecule has 1 saturated heterocycles. The van der Waals surface area contributed by atoms with Gasteiger partial charge in [0.25, 0.3) is 0 Å². The van der Waals surface area contributed by atoms with Crippen LogP contribution in [-0.4, -0.2) is 89.8 Å². The van der Waals surface area contributed by atoms with Gasteiger partial charge in [0.15, 0.2) is 11.6 Å². The van der Waals surface area contributed by atoms with Gasteiger partial charge >= 0.3 is 5.97 Å². The van der Waals surface area contributed by atoms with Crippen LogP contribution in [0.5, 0.6) is 0 Å². The molecule has 4 fully saturated rings. The SMILES string of the molecule is C=CCNc1nc(NCC=C)nc(N2CCN(CC(=O)OCC(=O)[C@H]3CC[C@H]4[C@@H]5CCC6=CC(=O)CC[C@]6(C)[C@H]5CC[C@]34C)CC2)n1. The summed E-state index contributed by atoms with van der Waals surface area (Å²) in [6.07, 6.45) is 13.3. The molecule has 1 aromatic heterocycles. The van der Waals surface area contributed by atoms with Gasteiger partial charge in [-0.15, -0.1) is 13.2 Å². The molecular formula is C36H51N7O4. The van der Waals surface area contributed by atoms with Crippen molar-refractivity contribution < 1.29 is 19.1 Å². The van der Waals surface area contributed by atoms with Gasteiger partial charge in [-0.05, 0) is 79.6 Å². The maximum Gasteiger partial charge on any atom is 0.320 e. The third-order valence-electron chi connectivity index (χ3n) is 12.2. The summed E-state index contributed by atoms with van der Waals surface area (Å²) >= 11 is 0. The number of carbonyl (C=O) groups excluding carboxylic acids is 3. The van der Waals surface area contributed by atoms with E-state index < -0.39 is 0 Å². The van der Waals surface area contributed by atoms with Gasteiger partial charge in [0.05, 0.1) is 6.54 Å². The minimum atomic E-state index is -0.353. The molecule has 0 amide bonds. The number of rotatable bonds is 12. The molecule has 11 heteroatoms. The molecule has 0 radical (unpaired) electrons.